The summed E-state index contributed by atoms with van der Waals surface area (Å²) in [4.78, 5) is 24.8. The van der Waals surface area contributed by atoms with Crippen molar-refractivity contribution < 1.29 is 14.3 Å². The lowest BCUT2D eigenvalue weighted by molar-refractivity contribution is -0.121. The minimum atomic E-state index is -0.340. The first kappa shape index (κ1) is 24.6. The molecular formula is C23H26ClN5O3S. The Morgan fingerprint density at radius 2 is 1.88 bits per heavy atom. The molecule has 10 heteroatoms. The smallest absolute Gasteiger partial charge is 0.234 e. The maximum Gasteiger partial charge on any atom is 0.234 e. The molecule has 0 saturated carbocycles. The van der Waals surface area contributed by atoms with Crippen LogP contribution in [0.5, 0.6) is 5.75 Å². The summed E-state index contributed by atoms with van der Waals surface area (Å²) in [5.41, 5.74) is 2.49. The molecule has 2 aromatic carbocycles. The number of benzene rings is 2. The first-order valence-corrected chi connectivity index (χ1v) is 11.6. The van der Waals surface area contributed by atoms with E-state index in [1.807, 2.05) is 45.2 Å². The number of hydrogen-bond donors (Lipinski definition) is 2. The van der Waals surface area contributed by atoms with Crippen molar-refractivity contribution in [3.63, 3.8) is 0 Å². The molecular weight excluding hydrogens is 462 g/mol. The average molecular weight is 488 g/mol. The molecule has 2 amide bonds. The SMILES string of the molecule is COc1ccc(CC(=O)N[C@H](C)c2nnc(SCC(=O)Nc3ccc(Cl)cc3C)n2C)cc1. The van der Waals surface area contributed by atoms with Crippen LogP contribution in [0.3, 0.4) is 0 Å². The summed E-state index contributed by atoms with van der Waals surface area (Å²) in [7, 11) is 3.41. The normalized spacial score (nSPS) is 11.7. The van der Waals surface area contributed by atoms with Gasteiger partial charge in [0.05, 0.1) is 25.3 Å². The van der Waals surface area contributed by atoms with Gasteiger partial charge in [-0.3, -0.25) is 9.59 Å². The van der Waals surface area contributed by atoms with Gasteiger partial charge in [0.15, 0.2) is 11.0 Å². The van der Waals surface area contributed by atoms with Crippen molar-refractivity contribution in [1.29, 1.82) is 0 Å². The van der Waals surface area contributed by atoms with Gasteiger partial charge in [0.25, 0.3) is 0 Å². The van der Waals surface area contributed by atoms with Crippen molar-refractivity contribution in [2.75, 3.05) is 18.2 Å². The van der Waals surface area contributed by atoms with Crippen molar-refractivity contribution in [2.45, 2.75) is 31.5 Å². The quantitative estimate of drug-likeness (QED) is 0.444. The number of aryl methyl sites for hydroxylation is 1. The third kappa shape index (κ3) is 6.72. The number of nitrogens with zero attached hydrogens (tertiary/aromatic N) is 3. The Labute approximate surface area is 202 Å². The molecule has 0 saturated heterocycles. The van der Waals surface area contributed by atoms with E-state index in [1.54, 1.807) is 29.9 Å². The molecule has 0 unspecified atom stereocenters. The average Bonchev–Trinajstić information content (AvgIpc) is 3.15. The highest BCUT2D eigenvalue weighted by atomic mass is 35.5. The van der Waals surface area contributed by atoms with Gasteiger partial charge >= 0.3 is 0 Å². The van der Waals surface area contributed by atoms with Gasteiger partial charge < -0.3 is 19.9 Å². The zero-order chi connectivity index (χ0) is 24.0. The van der Waals surface area contributed by atoms with E-state index in [2.05, 4.69) is 20.8 Å². The molecule has 0 radical (unpaired) electrons. The summed E-state index contributed by atoms with van der Waals surface area (Å²) in [5.74, 6) is 1.24. The number of aromatic nitrogens is 3. The molecule has 0 aliphatic rings. The van der Waals surface area contributed by atoms with E-state index in [0.29, 0.717) is 16.0 Å². The molecule has 0 aliphatic heterocycles. The Kier molecular flexibility index (Phi) is 8.35. The number of halogens is 1. The topological polar surface area (TPSA) is 98.1 Å². The Balaban J connectivity index is 1.53. The van der Waals surface area contributed by atoms with Crippen LogP contribution in [0.1, 0.15) is 29.9 Å². The third-order valence-electron chi connectivity index (χ3n) is 4.95. The fourth-order valence-electron chi connectivity index (χ4n) is 3.20. The van der Waals surface area contributed by atoms with E-state index in [-0.39, 0.29) is 30.0 Å². The minimum absolute atomic E-state index is 0.123. The lowest BCUT2D eigenvalue weighted by Gasteiger charge is -2.14. The van der Waals surface area contributed by atoms with Crippen LogP contribution in [-0.2, 0) is 23.1 Å². The molecule has 1 heterocycles. The second-order valence-electron chi connectivity index (χ2n) is 7.51. The Bertz CT molecular complexity index is 1130. The number of methoxy groups -OCH3 is 1. The molecule has 3 aromatic rings. The van der Waals surface area contributed by atoms with Crippen LogP contribution in [0, 0.1) is 6.92 Å². The third-order valence-corrected chi connectivity index (χ3v) is 6.21. The Hall–Kier alpha value is -3.04. The molecule has 0 spiro atoms. The molecule has 8 nitrogen and oxygen atoms in total. The number of hydrogen-bond acceptors (Lipinski definition) is 6. The predicted molar refractivity (Wildman–Crippen MR) is 130 cm³/mol. The van der Waals surface area contributed by atoms with E-state index >= 15 is 0 Å². The monoisotopic (exact) mass is 487 g/mol. The van der Waals surface area contributed by atoms with E-state index in [9.17, 15) is 9.59 Å². The first-order chi connectivity index (χ1) is 15.8. The molecule has 174 valence electrons. The second-order valence-corrected chi connectivity index (χ2v) is 8.89. The van der Waals surface area contributed by atoms with Crippen molar-refractivity contribution in [2.24, 2.45) is 7.05 Å². The molecule has 0 aliphatic carbocycles. The van der Waals surface area contributed by atoms with Gasteiger partial charge in [-0.2, -0.15) is 0 Å². The molecule has 33 heavy (non-hydrogen) atoms. The van der Waals surface area contributed by atoms with Crippen LogP contribution in [0.4, 0.5) is 5.69 Å². The van der Waals surface area contributed by atoms with Gasteiger partial charge in [-0.25, -0.2) is 0 Å². The summed E-state index contributed by atoms with van der Waals surface area (Å²) in [6.45, 7) is 3.73. The number of anilines is 1. The molecule has 2 N–H and O–H groups in total. The number of rotatable bonds is 9. The van der Waals surface area contributed by atoms with Crippen LogP contribution >= 0.6 is 23.4 Å². The fourth-order valence-corrected chi connectivity index (χ4v) is 4.14. The predicted octanol–water partition coefficient (Wildman–Crippen LogP) is 3.94. The maximum atomic E-state index is 12.4. The number of carbonyl (C=O) groups is 2. The fraction of sp³-hybridized carbons (Fsp3) is 0.304. The summed E-state index contributed by atoms with van der Waals surface area (Å²) in [6.07, 6.45) is 0.248. The van der Waals surface area contributed by atoms with Crippen LogP contribution < -0.4 is 15.4 Å². The van der Waals surface area contributed by atoms with E-state index in [0.717, 1.165) is 22.6 Å². The van der Waals surface area contributed by atoms with E-state index in [4.69, 9.17) is 16.3 Å². The van der Waals surface area contributed by atoms with Crippen molar-refractivity contribution in [3.05, 3.63) is 64.4 Å². The van der Waals surface area contributed by atoms with Crippen molar-refractivity contribution >= 4 is 40.9 Å². The Morgan fingerprint density at radius 3 is 2.55 bits per heavy atom. The zero-order valence-electron chi connectivity index (χ0n) is 18.9. The van der Waals surface area contributed by atoms with Gasteiger partial charge in [0, 0.05) is 17.8 Å². The molecule has 3 rings (SSSR count). The van der Waals surface area contributed by atoms with E-state index in [1.165, 1.54) is 11.8 Å². The van der Waals surface area contributed by atoms with E-state index < -0.39 is 0 Å². The number of carbonyl (C=O) groups excluding carboxylic acids is 2. The second kappa shape index (κ2) is 11.2. The summed E-state index contributed by atoms with van der Waals surface area (Å²) in [6, 6.07) is 12.3. The lowest BCUT2D eigenvalue weighted by Crippen LogP contribution is -2.29. The van der Waals surface area contributed by atoms with Gasteiger partial charge in [-0.15, -0.1) is 10.2 Å². The van der Waals surface area contributed by atoms with Crippen LogP contribution in [0.2, 0.25) is 5.02 Å². The molecule has 1 aromatic heterocycles. The highest BCUT2D eigenvalue weighted by Crippen LogP contribution is 2.22. The van der Waals surface area contributed by atoms with Crippen molar-refractivity contribution in [1.82, 2.24) is 20.1 Å². The number of ether oxygens (including phenoxy) is 1. The lowest BCUT2D eigenvalue weighted by atomic mass is 10.1. The molecule has 0 fully saturated rings. The van der Waals surface area contributed by atoms with Gasteiger partial charge in [-0.1, -0.05) is 35.5 Å². The van der Waals surface area contributed by atoms with Gasteiger partial charge in [0.1, 0.15) is 5.75 Å². The standard InChI is InChI=1S/C23H26ClN5O3S/c1-14-11-17(24)7-10-19(14)26-21(31)13-33-23-28-27-22(29(23)3)15(2)25-20(30)12-16-5-8-18(32-4)9-6-16/h5-11,15H,12-13H2,1-4H3,(H,25,30)(H,26,31)/t15-/m1/s1. The summed E-state index contributed by atoms with van der Waals surface area (Å²) >= 11 is 7.23. The van der Waals surface area contributed by atoms with Crippen LogP contribution in [0.15, 0.2) is 47.6 Å². The van der Waals surface area contributed by atoms with Gasteiger partial charge in [-0.05, 0) is 55.3 Å². The van der Waals surface area contributed by atoms with Crippen molar-refractivity contribution in [3.8, 4) is 5.75 Å². The van der Waals surface area contributed by atoms with Crippen LogP contribution in [-0.4, -0.2) is 39.4 Å². The highest BCUT2D eigenvalue weighted by Gasteiger charge is 2.18. The number of amides is 2. The summed E-state index contributed by atoms with van der Waals surface area (Å²) < 4.78 is 6.92. The van der Waals surface area contributed by atoms with Gasteiger partial charge in [0.2, 0.25) is 11.8 Å². The molecule has 1 atom stereocenters. The minimum Gasteiger partial charge on any atom is -0.497 e. The largest absolute Gasteiger partial charge is 0.497 e. The Morgan fingerprint density at radius 1 is 1.15 bits per heavy atom. The number of nitrogens with one attached hydrogen (secondary N) is 2. The summed E-state index contributed by atoms with van der Waals surface area (Å²) in [5, 5.41) is 15.4. The highest BCUT2D eigenvalue weighted by molar-refractivity contribution is 7.99. The zero-order valence-corrected chi connectivity index (χ0v) is 20.5. The number of thioether (sulfide) groups is 1. The van der Waals surface area contributed by atoms with Crippen LogP contribution in [0.25, 0.3) is 0 Å². The molecule has 0 bridgehead atoms. The first-order valence-electron chi connectivity index (χ1n) is 10.3. The maximum absolute atomic E-state index is 12.4.